The molecular formula is C11H9BrFNS. The van der Waals surface area contributed by atoms with Gasteiger partial charge in [-0.25, -0.2) is 9.37 Å². The Morgan fingerprint density at radius 2 is 2.07 bits per heavy atom. The lowest BCUT2D eigenvalue weighted by atomic mass is 10.2. The molecule has 1 aromatic carbocycles. The number of aromatic nitrogens is 1. The van der Waals surface area contributed by atoms with E-state index in [9.17, 15) is 4.39 Å². The molecule has 0 bridgehead atoms. The Morgan fingerprint density at radius 3 is 2.67 bits per heavy atom. The van der Waals surface area contributed by atoms with Crippen LogP contribution < -0.4 is 0 Å². The number of hydrogen-bond acceptors (Lipinski definition) is 2. The minimum Gasteiger partial charge on any atom is -0.241 e. The maximum Gasteiger partial charge on any atom is 0.133 e. The summed E-state index contributed by atoms with van der Waals surface area (Å²) < 4.78 is 14.4. The summed E-state index contributed by atoms with van der Waals surface area (Å²) in [7, 11) is 0. The van der Waals surface area contributed by atoms with E-state index in [1.54, 1.807) is 12.1 Å². The van der Waals surface area contributed by atoms with Gasteiger partial charge in [0, 0.05) is 14.9 Å². The van der Waals surface area contributed by atoms with Gasteiger partial charge in [0.05, 0.1) is 5.69 Å². The molecule has 1 heterocycles. The summed E-state index contributed by atoms with van der Waals surface area (Å²) in [5.74, 6) is -0.230. The fraction of sp³-hybridized carbons (Fsp3) is 0.182. The van der Waals surface area contributed by atoms with E-state index in [1.165, 1.54) is 17.4 Å². The molecule has 0 unspecified atom stereocenters. The molecule has 15 heavy (non-hydrogen) atoms. The molecule has 78 valence electrons. The van der Waals surface area contributed by atoms with E-state index in [0.29, 0.717) is 5.56 Å². The molecular weight excluding hydrogens is 277 g/mol. The smallest absolute Gasteiger partial charge is 0.133 e. The normalized spacial score (nSPS) is 10.7. The molecule has 1 nitrogen and oxygen atoms in total. The van der Waals surface area contributed by atoms with Gasteiger partial charge in [-0.05, 0) is 32.0 Å². The van der Waals surface area contributed by atoms with Crippen LogP contribution in [0, 0.1) is 19.7 Å². The van der Waals surface area contributed by atoms with E-state index in [0.717, 1.165) is 20.1 Å². The van der Waals surface area contributed by atoms with E-state index in [1.807, 2.05) is 13.8 Å². The lowest BCUT2D eigenvalue weighted by Gasteiger charge is -1.99. The van der Waals surface area contributed by atoms with Crippen molar-refractivity contribution in [3.63, 3.8) is 0 Å². The number of rotatable bonds is 1. The monoisotopic (exact) mass is 285 g/mol. The third-order valence-corrected chi connectivity index (χ3v) is 3.79. The Balaban J connectivity index is 2.58. The first-order valence-corrected chi connectivity index (χ1v) is 6.08. The molecule has 0 aliphatic rings. The number of thiazole rings is 1. The minimum atomic E-state index is -0.230. The summed E-state index contributed by atoms with van der Waals surface area (Å²) in [5, 5.41) is 0.740. The van der Waals surface area contributed by atoms with Gasteiger partial charge in [0.15, 0.2) is 0 Å². The first-order valence-electron chi connectivity index (χ1n) is 4.47. The highest BCUT2D eigenvalue weighted by Gasteiger charge is 2.11. The van der Waals surface area contributed by atoms with E-state index in [2.05, 4.69) is 20.9 Å². The molecule has 0 saturated heterocycles. The van der Waals surface area contributed by atoms with Crippen LogP contribution in [0.5, 0.6) is 0 Å². The molecule has 0 saturated carbocycles. The van der Waals surface area contributed by atoms with E-state index in [4.69, 9.17) is 0 Å². The lowest BCUT2D eigenvalue weighted by Crippen LogP contribution is -1.83. The van der Waals surface area contributed by atoms with Gasteiger partial charge >= 0.3 is 0 Å². The van der Waals surface area contributed by atoms with Crippen molar-refractivity contribution < 1.29 is 4.39 Å². The van der Waals surface area contributed by atoms with Gasteiger partial charge in [-0.1, -0.05) is 15.9 Å². The van der Waals surface area contributed by atoms with Gasteiger partial charge < -0.3 is 0 Å². The van der Waals surface area contributed by atoms with E-state index in [-0.39, 0.29) is 5.82 Å². The molecule has 2 rings (SSSR count). The second-order valence-electron chi connectivity index (χ2n) is 3.28. The van der Waals surface area contributed by atoms with Crippen LogP contribution in [-0.4, -0.2) is 4.98 Å². The Labute approximate surface area is 100 Å². The first-order chi connectivity index (χ1) is 7.08. The lowest BCUT2D eigenvalue weighted by molar-refractivity contribution is 0.631. The zero-order valence-electron chi connectivity index (χ0n) is 8.34. The average molecular weight is 286 g/mol. The zero-order chi connectivity index (χ0) is 11.0. The second kappa shape index (κ2) is 4.02. The number of benzene rings is 1. The highest BCUT2D eigenvalue weighted by molar-refractivity contribution is 9.10. The average Bonchev–Trinajstić information content (AvgIpc) is 2.51. The number of nitrogens with zero attached hydrogens (tertiary/aromatic N) is 1. The van der Waals surface area contributed by atoms with Crippen LogP contribution in [0.1, 0.15) is 10.6 Å². The molecule has 1 aromatic heterocycles. The van der Waals surface area contributed by atoms with Crippen molar-refractivity contribution in [1.82, 2.24) is 4.98 Å². The van der Waals surface area contributed by atoms with Crippen LogP contribution in [0.2, 0.25) is 0 Å². The van der Waals surface area contributed by atoms with Crippen molar-refractivity contribution in [2.75, 3.05) is 0 Å². The molecule has 0 N–H and O–H groups in total. The molecule has 0 spiro atoms. The topological polar surface area (TPSA) is 12.9 Å². The quantitative estimate of drug-likeness (QED) is 0.760. The predicted octanol–water partition coefficient (Wildman–Crippen LogP) is 4.33. The number of halogens is 2. The fourth-order valence-electron chi connectivity index (χ4n) is 1.25. The zero-order valence-corrected chi connectivity index (χ0v) is 10.7. The molecule has 0 fully saturated rings. The molecule has 0 aliphatic carbocycles. The van der Waals surface area contributed by atoms with Gasteiger partial charge in [0.1, 0.15) is 10.8 Å². The number of aryl methyl sites for hydroxylation is 2. The van der Waals surface area contributed by atoms with Crippen LogP contribution in [-0.2, 0) is 0 Å². The minimum absolute atomic E-state index is 0.230. The molecule has 2 aromatic rings. The molecule has 0 atom stereocenters. The van der Waals surface area contributed by atoms with Crippen molar-refractivity contribution in [2.24, 2.45) is 0 Å². The Morgan fingerprint density at radius 1 is 1.33 bits per heavy atom. The SMILES string of the molecule is Cc1nc(-c2cc(Br)ccc2F)sc1C. The van der Waals surface area contributed by atoms with Crippen LogP contribution in [0.4, 0.5) is 4.39 Å². The summed E-state index contributed by atoms with van der Waals surface area (Å²) in [4.78, 5) is 5.47. The van der Waals surface area contributed by atoms with E-state index >= 15 is 0 Å². The Hall–Kier alpha value is -0.740. The number of hydrogen-bond donors (Lipinski definition) is 0. The second-order valence-corrected chi connectivity index (χ2v) is 5.40. The third-order valence-electron chi connectivity index (χ3n) is 2.19. The standard InChI is InChI=1S/C11H9BrFNS/c1-6-7(2)15-11(14-6)9-5-8(12)3-4-10(9)13/h3-5H,1-2H3. The third kappa shape index (κ3) is 2.11. The van der Waals surface area contributed by atoms with Crippen molar-refractivity contribution in [3.8, 4) is 10.6 Å². The van der Waals surface area contributed by atoms with Gasteiger partial charge in [-0.3, -0.25) is 0 Å². The predicted molar refractivity (Wildman–Crippen MR) is 64.7 cm³/mol. The molecule has 4 heteroatoms. The summed E-state index contributed by atoms with van der Waals surface area (Å²) in [5.41, 5.74) is 1.53. The fourth-order valence-corrected chi connectivity index (χ4v) is 2.54. The highest BCUT2D eigenvalue weighted by Crippen LogP contribution is 2.30. The maximum atomic E-state index is 13.5. The summed E-state index contributed by atoms with van der Waals surface area (Å²) in [6.07, 6.45) is 0. The first kappa shape index (κ1) is 10.8. The van der Waals surface area contributed by atoms with Crippen molar-refractivity contribution in [1.29, 1.82) is 0 Å². The highest BCUT2D eigenvalue weighted by atomic mass is 79.9. The summed E-state index contributed by atoms with van der Waals surface area (Å²) in [6.45, 7) is 3.93. The van der Waals surface area contributed by atoms with E-state index < -0.39 is 0 Å². The summed E-state index contributed by atoms with van der Waals surface area (Å²) in [6, 6.07) is 4.89. The van der Waals surface area contributed by atoms with Crippen molar-refractivity contribution in [2.45, 2.75) is 13.8 Å². The maximum absolute atomic E-state index is 13.5. The van der Waals surface area contributed by atoms with Crippen LogP contribution in [0.3, 0.4) is 0 Å². The molecule has 0 amide bonds. The molecule has 0 radical (unpaired) electrons. The van der Waals surface area contributed by atoms with Crippen molar-refractivity contribution >= 4 is 27.3 Å². The van der Waals surface area contributed by atoms with Crippen LogP contribution in [0.25, 0.3) is 10.6 Å². The van der Waals surface area contributed by atoms with Crippen LogP contribution in [0.15, 0.2) is 22.7 Å². The van der Waals surface area contributed by atoms with Crippen molar-refractivity contribution in [3.05, 3.63) is 39.1 Å². The van der Waals surface area contributed by atoms with Crippen LogP contribution >= 0.6 is 27.3 Å². The van der Waals surface area contributed by atoms with Gasteiger partial charge in [0.25, 0.3) is 0 Å². The van der Waals surface area contributed by atoms with Gasteiger partial charge in [-0.2, -0.15) is 0 Å². The Bertz CT molecular complexity index is 488. The largest absolute Gasteiger partial charge is 0.241 e. The summed E-state index contributed by atoms with van der Waals surface area (Å²) >= 11 is 4.85. The van der Waals surface area contributed by atoms with Gasteiger partial charge in [0.2, 0.25) is 0 Å². The Kier molecular flexibility index (Phi) is 2.89. The van der Waals surface area contributed by atoms with Gasteiger partial charge in [-0.15, -0.1) is 11.3 Å². The molecule has 0 aliphatic heterocycles.